The molecule has 3 aromatic heterocycles. The van der Waals surface area contributed by atoms with E-state index in [0.29, 0.717) is 22.7 Å². The van der Waals surface area contributed by atoms with Crippen LogP contribution in [0.5, 0.6) is 0 Å². The smallest absolute Gasteiger partial charge is 0.164 e. The van der Waals surface area contributed by atoms with Crippen LogP contribution in [0.15, 0.2) is 36.7 Å². The zero-order valence-corrected chi connectivity index (χ0v) is 21.0. The largest absolute Gasteiger partial charge is 0.364 e. The number of piperazine rings is 1. The van der Waals surface area contributed by atoms with Gasteiger partial charge in [0.05, 0.1) is 22.3 Å². The predicted octanol–water partition coefficient (Wildman–Crippen LogP) is 5.79. The van der Waals surface area contributed by atoms with E-state index in [4.69, 9.17) is 16.6 Å². The molecule has 35 heavy (non-hydrogen) atoms. The fraction of sp³-hybridized carbons (Fsp3) is 0.346. The minimum Gasteiger partial charge on any atom is -0.364 e. The number of aromatic nitrogens is 4. The molecule has 1 aliphatic heterocycles. The van der Waals surface area contributed by atoms with Gasteiger partial charge in [0.2, 0.25) is 0 Å². The third-order valence-electron chi connectivity index (χ3n) is 6.50. The van der Waals surface area contributed by atoms with Crippen LogP contribution in [0.25, 0.3) is 22.4 Å². The number of aryl methyl sites for hydroxylation is 1. The number of rotatable bonds is 5. The van der Waals surface area contributed by atoms with Gasteiger partial charge in [-0.15, -0.1) is 0 Å². The van der Waals surface area contributed by atoms with Gasteiger partial charge in [-0.1, -0.05) is 25.4 Å². The van der Waals surface area contributed by atoms with Crippen LogP contribution in [0, 0.1) is 12.7 Å². The van der Waals surface area contributed by atoms with E-state index in [1.54, 1.807) is 12.3 Å². The van der Waals surface area contributed by atoms with E-state index in [1.165, 1.54) is 12.1 Å². The highest BCUT2D eigenvalue weighted by Gasteiger charge is 2.24. The predicted molar refractivity (Wildman–Crippen MR) is 140 cm³/mol. The molecular formula is C26H29ClFN7. The van der Waals surface area contributed by atoms with Crippen molar-refractivity contribution in [2.75, 3.05) is 29.9 Å². The number of anilines is 3. The van der Waals surface area contributed by atoms with E-state index < -0.39 is 5.82 Å². The summed E-state index contributed by atoms with van der Waals surface area (Å²) in [6.45, 7) is 11.1. The highest BCUT2D eigenvalue weighted by atomic mass is 35.5. The minimum absolute atomic E-state index is 0.159. The Hall–Kier alpha value is -3.23. The molecule has 4 heterocycles. The van der Waals surface area contributed by atoms with Crippen molar-refractivity contribution in [2.45, 2.75) is 39.7 Å². The van der Waals surface area contributed by atoms with Gasteiger partial charge in [-0.3, -0.25) is 0 Å². The van der Waals surface area contributed by atoms with Crippen LogP contribution in [-0.4, -0.2) is 45.6 Å². The molecule has 3 N–H and O–H groups in total. The third kappa shape index (κ3) is 4.44. The van der Waals surface area contributed by atoms with Crippen molar-refractivity contribution in [3.8, 4) is 11.4 Å². The zero-order valence-electron chi connectivity index (χ0n) is 20.3. The summed E-state index contributed by atoms with van der Waals surface area (Å²) in [5.41, 5.74) is 4.83. The number of nitrogens with zero attached hydrogens (tertiary/aromatic N) is 4. The van der Waals surface area contributed by atoms with Crippen molar-refractivity contribution in [1.82, 2.24) is 25.3 Å². The van der Waals surface area contributed by atoms with Gasteiger partial charge < -0.3 is 20.5 Å². The van der Waals surface area contributed by atoms with Crippen molar-refractivity contribution >= 4 is 39.8 Å². The van der Waals surface area contributed by atoms with Gasteiger partial charge >= 0.3 is 0 Å². The lowest BCUT2D eigenvalue weighted by Gasteiger charge is -2.35. The number of halogens is 2. The molecule has 0 amide bonds. The summed E-state index contributed by atoms with van der Waals surface area (Å²) in [4.78, 5) is 19.7. The SMILES string of the molecule is Cc1nc(-c2cc(Cl)ccc2F)nc(Nc2ccnc3[nH]cc(N4CCNCC4C)c23)c1C(C)C. The summed E-state index contributed by atoms with van der Waals surface area (Å²) in [6.07, 6.45) is 3.79. The van der Waals surface area contributed by atoms with Crippen LogP contribution >= 0.6 is 11.6 Å². The second-order valence-electron chi connectivity index (χ2n) is 9.30. The first-order chi connectivity index (χ1) is 16.8. The summed E-state index contributed by atoms with van der Waals surface area (Å²) in [6, 6.07) is 6.72. The van der Waals surface area contributed by atoms with Crippen LogP contribution in [-0.2, 0) is 0 Å². The van der Waals surface area contributed by atoms with Crippen LogP contribution < -0.4 is 15.5 Å². The summed E-state index contributed by atoms with van der Waals surface area (Å²) in [5, 5.41) is 8.43. The minimum atomic E-state index is -0.413. The number of hydrogen-bond donors (Lipinski definition) is 3. The van der Waals surface area contributed by atoms with Crippen LogP contribution in [0.1, 0.15) is 37.9 Å². The molecule has 9 heteroatoms. The lowest BCUT2D eigenvalue weighted by atomic mass is 10.0. The monoisotopic (exact) mass is 493 g/mol. The number of H-pyrrole nitrogens is 1. The molecular weight excluding hydrogens is 465 g/mol. The fourth-order valence-corrected chi connectivity index (χ4v) is 5.03. The number of aromatic amines is 1. The first-order valence-corrected chi connectivity index (χ1v) is 12.3. The molecule has 1 unspecified atom stereocenters. The van der Waals surface area contributed by atoms with Gasteiger partial charge in [0.25, 0.3) is 0 Å². The summed E-state index contributed by atoms with van der Waals surface area (Å²) in [7, 11) is 0. The molecule has 4 aromatic rings. The van der Waals surface area contributed by atoms with Gasteiger partial charge in [0, 0.05) is 54.3 Å². The summed E-state index contributed by atoms with van der Waals surface area (Å²) in [5.74, 6) is 0.690. The van der Waals surface area contributed by atoms with Gasteiger partial charge in [0.1, 0.15) is 17.3 Å². The van der Waals surface area contributed by atoms with Gasteiger partial charge in [-0.05, 0) is 44.0 Å². The molecule has 182 valence electrons. The lowest BCUT2D eigenvalue weighted by Crippen LogP contribution is -2.49. The average Bonchev–Trinajstić information content (AvgIpc) is 3.25. The Morgan fingerprint density at radius 3 is 2.83 bits per heavy atom. The van der Waals surface area contributed by atoms with E-state index in [2.05, 4.69) is 51.3 Å². The molecule has 0 radical (unpaired) electrons. The molecule has 1 aliphatic rings. The highest BCUT2D eigenvalue weighted by Crippen LogP contribution is 2.37. The van der Waals surface area contributed by atoms with Crippen LogP contribution in [0.3, 0.4) is 0 Å². The maximum atomic E-state index is 14.7. The van der Waals surface area contributed by atoms with Crippen LogP contribution in [0.4, 0.5) is 21.6 Å². The zero-order chi connectivity index (χ0) is 24.7. The van der Waals surface area contributed by atoms with E-state index in [0.717, 1.165) is 53.3 Å². The Bertz CT molecular complexity index is 1380. The number of nitrogens with one attached hydrogen (secondary N) is 3. The lowest BCUT2D eigenvalue weighted by molar-refractivity contribution is 0.502. The Kier molecular flexibility index (Phi) is 6.34. The standard InChI is InChI=1S/C26H29ClFN7/c1-14(2)22-16(4)32-24(18-11-17(27)5-6-19(18)28)34-26(22)33-20-7-8-30-25-23(20)21(13-31-25)35-10-9-29-12-15(35)3/h5-8,11,13-15,29H,9-10,12H2,1-4H3,(H2,30,31,32,33,34). The first-order valence-electron chi connectivity index (χ1n) is 11.9. The third-order valence-corrected chi connectivity index (χ3v) is 6.73. The quantitative estimate of drug-likeness (QED) is 0.326. The molecule has 1 aromatic carbocycles. The molecule has 1 atom stereocenters. The second-order valence-corrected chi connectivity index (χ2v) is 9.74. The maximum absolute atomic E-state index is 14.7. The molecule has 0 spiro atoms. The van der Waals surface area contributed by atoms with Gasteiger partial charge in [0.15, 0.2) is 5.82 Å². The number of hydrogen-bond acceptors (Lipinski definition) is 6. The van der Waals surface area contributed by atoms with Crippen molar-refractivity contribution in [3.05, 3.63) is 58.8 Å². The van der Waals surface area contributed by atoms with Gasteiger partial charge in [-0.25, -0.2) is 19.3 Å². The first kappa shape index (κ1) is 23.5. The average molecular weight is 494 g/mol. The number of pyridine rings is 1. The molecule has 5 rings (SSSR count). The van der Waals surface area contributed by atoms with Crippen molar-refractivity contribution in [3.63, 3.8) is 0 Å². The molecule has 0 bridgehead atoms. The van der Waals surface area contributed by atoms with Crippen molar-refractivity contribution in [1.29, 1.82) is 0 Å². The molecule has 1 fully saturated rings. The topological polar surface area (TPSA) is 81.8 Å². The Balaban J connectivity index is 1.64. The number of benzene rings is 1. The van der Waals surface area contributed by atoms with E-state index in [1.807, 2.05) is 19.2 Å². The normalized spacial score (nSPS) is 16.3. The maximum Gasteiger partial charge on any atom is 0.164 e. The summed E-state index contributed by atoms with van der Waals surface area (Å²) >= 11 is 6.16. The van der Waals surface area contributed by atoms with Crippen LogP contribution in [0.2, 0.25) is 5.02 Å². The second kappa shape index (κ2) is 9.43. The Morgan fingerprint density at radius 1 is 1.23 bits per heavy atom. The molecule has 0 aliphatic carbocycles. The molecule has 0 saturated carbocycles. The van der Waals surface area contributed by atoms with E-state index >= 15 is 0 Å². The van der Waals surface area contributed by atoms with E-state index in [9.17, 15) is 4.39 Å². The Labute approximate surface area is 209 Å². The van der Waals surface area contributed by atoms with Crippen molar-refractivity contribution in [2.24, 2.45) is 0 Å². The molecule has 7 nitrogen and oxygen atoms in total. The summed E-state index contributed by atoms with van der Waals surface area (Å²) < 4.78 is 14.7. The highest BCUT2D eigenvalue weighted by molar-refractivity contribution is 6.30. The Morgan fingerprint density at radius 2 is 2.06 bits per heavy atom. The van der Waals surface area contributed by atoms with Gasteiger partial charge in [-0.2, -0.15) is 0 Å². The van der Waals surface area contributed by atoms with Crippen molar-refractivity contribution < 1.29 is 4.39 Å². The number of fused-ring (bicyclic) bond motifs is 1. The molecule has 1 saturated heterocycles. The fourth-order valence-electron chi connectivity index (χ4n) is 4.85. The van der Waals surface area contributed by atoms with E-state index in [-0.39, 0.29) is 11.5 Å².